The van der Waals surface area contributed by atoms with Gasteiger partial charge in [0.15, 0.2) is 46.6 Å². The number of hydrogen-bond acceptors (Lipinski definition) is 10. The third-order valence-electron chi connectivity index (χ3n) is 21.1. The first kappa shape index (κ1) is 73.8. The number of hydrogen-bond donors (Lipinski definition) is 0. The summed E-state index contributed by atoms with van der Waals surface area (Å²) in [5.41, 5.74) is 28.3. The Balaban J connectivity index is 0.000000159. The van der Waals surface area contributed by atoms with E-state index in [9.17, 15) is 0 Å². The van der Waals surface area contributed by atoms with E-state index < -0.39 is 0 Å². The normalized spacial score (nSPS) is 11.0. The Hall–Kier alpha value is -16.3. The second-order valence-corrected chi connectivity index (χ2v) is 29.1. The first-order valence-corrected chi connectivity index (χ1v) is 40.0. The maximum absolute atomic E-state index is 5.21. The average molecular weight is 1540 g/mol. The molecule has 0 aliphatic rings. The average Bonchev–Trinajstić information content (AvgIpc) is 0.786. The molecule has 0 aliphatic carbocycles. The minimum atomic E-state index is 0.605. The van der Waals surface area contributed by atoms with Gasteiger partial charge in [-0.25, -0.2) is 49.8 Å². The fraction of sp³-hybridized carbons (Fsp3) is 0. The summed E-state index contributed by atoms with van der Waals surface area (Å²) < 4.78 is 0. The van der Waals surface area contributed by atoms with E-state index >= 15 is 0 Å². The van der Waals surface area contributed by atoms with Crippen molar-refractivity contribution in [2.24, 2.45) is 0 Å². The van der Waals surface area contributed by atoms with E-state index in [-0.39, 0.29) is 0 Å². The fourth-order valence-electron chi connectivity index (χ4n) is 14.9. The lowest BCUT2D eigenvalue weighted by Crippen LogP contribution is -2.00. The number of rotatable bonds is 18. The second-order valence-electron chi connectivity index (χ2n) is 29.1. The van der Waals surface area contributed by atoms with E-state index in [0.717, 1.165) is 156 Å². The highest BCUT2D eigenvalue weighted by atomic mass is 15.0. The summed E-state index contributed by atoms with van der Waals surface area (Å²) in [5, 5.41) is 0. The highest BCUT2D eigenvalue weighted by Gasteiger charge is 2.20. The van der Waals surface area contributed by atoms with Crippen LogP contribution in [-0.2, 0) is 0 Å². The van der Waals surface area contributed by atoms with E-state index in [2.05, 4.69) is 279 Å². The zero-order chi connectivity index (χ0) is 80.2. The maximum Gasteiger partial charge on any atom is 0.164 e. The third kappa shape index (κ3) is 16.8. The van der Waals surface area contributed by atoms with Gasteiger partial charge in [-0.2, -0.15) is 0 Å². The molecule has 0 unspecified atom stereocenters. The lowest BCUT2D eigenvalue weighted by molar-refractivity contribution is 1.07. The van der Waals surface area contributed by atoms with Gasteiger partial charge in [-0.1, -0.05) is 388 Å². The van der Waals surface area contributed by atoms with Crippen molar-refractivity contribution in [2.45, 2.75) is 0 Å². The Morgan fingerprint density at radius 2 is 0.242 bits per heavy atom. The molecule has 4 aromatic heterocycles. The van der Waals surface area contributed by atoms with Gasteiger partial charge in [-0.3, -0.25) is 0 Å². The van der Waals surface area contributed by atoms with Crippen molar-refractivity contribution in [3.8, 4) is 203 Å². The maximum atomic E-state index is 5.21. The Kier molecular flexibility index (Phi) is 21.2. The van der Waals surface area contributed by atoms with Gasteiger partial charge in [-0.05, 0) is 127 Å². The van der Waals surface area contributed by atoms with Crippen LogP contribution >= 0.6 is 0 Å². The van der Waals surface area contributed by atoms with Crippen molar-refractivity contribution < 1.29 is 0 Å². The van der Waals surface area contributed by atoms with Crippen LogP contribution in [0.25, 0.3) is 203 Å². The van der Waals surface area contributed by atoms with Crippen molar-refractivity contribution in [3.05, 3.63) is 449 Å². The molecule has 0 N–H and O–H groups in total. The van der Waals surface area contributed by atoms with Gasteiger partial charge in [-0.15, -0.1) is 0 Å². The lowest BCUT2D eigenvalue weighted by Gasteiger charge is -2.14. The Morgan fingerprint density at radius 1 is 0.0833 bits per heavy atom. The third-order valence-corrected chi connectivity index (χ3v) is 21.1. The van der Waals surface area contributed by atoms with Crippen molar-refractivity contribution in [3.63, 3.8) is 0 Å². The Morgan fingerprint density at radius 3 is 0.517 bits per heavy atom. The van der Waals surface area contributed by atoms with Gasteiger partial charge in [0.2, 0.25) is 0 Å². The molecule has 0 fully saturated rings. The zero-order valence-corrected chi connectivity index (χ0v) is 65.2. The molecule has 0 spiro atoms. The van der Waals surface area contributed by atoms with Crippen LogP contribution in [0.2, 0.25) is 0 Å². The van der Waals surface area contributed by atoms with Gasteiger partial charge >= 0.3 is 0 Å². The zero-order valence-electron chi connectivity index (χ0n) is 65.2. The van der Waals surface area contributed by atoms with Crippen LogP contribution in [0.4, 0.5) is 0 Å². The number of nitrogens with zero attached hydrogens (tertiary/aromatic N) is 10. The summed E-state index contributed by atoms with van der Waals surface area (Å²) in [6.07, 6.45) is 0. The van der Waals surface area contributed by atoms with E-state index in [0.29, 0.717) is 46.6 Å². The van der Waals surface area contributed by atoms with Crippen LogP contribution in [0.15, 0.2) is 449 Å². The van der Waals surface area contributed by atoms with Gasteiger partial charge in [0.1, 0.15) is 0 Å². The van der Waals surface area contributed by atoms with Gasteiger partial charge in [0.05, 0.1) is 22.8 Å². The summed E-state index contributed by atoms with van der Waals surface area (Å²) in [7, 11) is 0. The summed E-state index contributed by atoms with van der Waals surface area (Å²) in [4.78, 5) is 50.4. The fourth-order valence-corrected chi connectivity index (χ4v) is 14.9. The Labute approximate surface area is 697 Å². The molecule has 0 saturated heterocycles. The number of benzene rings is 16. The summed E-state index contributed by atoms with van der Waals surface area (Å²) >= 11 is 0. The first-order chi connectivity index (χ1) is 59.4. The van der Waals surface area contributed by atoms with Crippen molar-refractivity contribution >= 4 is 0 Å². The molecule has 0 amide bonds. The standard InChI is InChI=1S/2C55H37N5/c1-6-17-38(18-7-1)47-34-48(39-19-8-2-9-20-39)36-49(35-47)51-37-50(56-52(57-51)41-21-10-3-11-22-41)46-28-16-27-45(33-46)40-29-31-44(32-30-40)55-59-53(42-23-12-4-13-24-42)58-54(60-55)43-25-14-5-15-26-43;1-6-17-38(18-7-1)47-34-48(39-19-8-2-9-20-39)36-49(35-47)55-59-53(43-25-14-5-15-26-43)58-54(60-55)44-31-29-40(30-32-44)45-27-16-28-46(33-45)51-37-50(41-21-10-3-11-22-41)56-52(57-51)42-23-12-4-13-24-42/h2*1-37H. The van der Waals surface area contributed by atoms with Gasteiger partial charge in [0.25, 0.3) is 0 Å². The quantitative estimate of drug-likeness (QED) is 0.0819. The van der Waals surface area contributed by atoms with Crippen molar-refractivity contribution in [1.82, 2.24) is 49.8 Å². The molecule has 0 radical (unpaired) electrons. The molecule has 20 rings (SSSR count). The molecule has 16 aromatic carbocycles. The molecule has 564 valence electrons. The molecule has 4 heterocycles. The van der Waals surface area contributed by atoms with Crippen LogP contribution in [0.3, 0.4) is 0 Å². The minimum absolute atomic E-state index is 0.605. The Bertz CT molecular complexity index is 6710. The van der Waals surface area contributed by atoms with E-state index in [1.807, 2.05) is 170 Å². The predicted molar refractivity (Wildman–Crippen MR) is 489 cm³/mol. The van der Waals surface area contributed by atoms with Gasteiger partial charge in [0, 0.05) is 66.8 Å². The summed E-state index contributed by atoms with van der Waals surface area (Å²) in [6.45, 7) is 0. The summed E-state index contributed by atoms with van der Waals surface area (Å²) in [6, 6.07) is 154. The molecular weight excluding hydrogens is 1460 g/mol. The SMILES string of the molecule is c1ccc(-c2cc(-c3ccccc3)cc(-c3cc(-c4cccc(-c5ccc(-c6nc(-c7ccccc7)nc(-c7ccccc7)n6)cc5)c4)nc(-c4ccccc4)n3)c2)cc1.c1ccc(-c2cc(-c3ccccc3)cc(-c3nc(-c4ccccc4)nc(-c4ccc(-c5cccc(-c6cc(-c7ccccc7)nc(-c7ccccc7)n6)c5)cc4)n3)c2)cc1. The molecule has 10 nitrogen and oxygen atoms in total. The van der Waals surface area contributed by atoms with Crippen LogP contribution in [0.5, 0.6) is 0 Å². The lowest BCUT2D eigenvalue weighted by atomic mass is 9.94. The van der Waals surface area contributed by atoms with E-state index in [1.165, 1.54) is 0 Å². The molecule has 20 aromatic rings. The van der Waals surface area contributed by atoms with Crippen LogP contribution < -0.4 is 0 Å². The van der Waals surface area contributed by atoms with Gasteiger partial charge < -0.3 is 0 Å². The molecular formula is C110H74N10. The monoisotopic (exact) mass is 1530 g/mol. The predicted octanol–water partition coefficient (Wildman–Crippen LogP) is 27.3. The van der Waals surface area contributed by atoms with Crippen LogP contribution in [0.1, 0.15) is 0 Å². The summed E-state index contributed by atoms with van der Waals surface area (Å²) in [5.74, 6) is 5.10. The van der Waals surface area contributed by atoms with E-state index in [1.54, 1.807) is 0 Å². The molecule has 0 aliphatic heterocycles. The van der Waals surface area contributed by atoms with Crippen LogP contribution in [0, 0.1) is 0 Å². The molecule has 0 saturated carbocycles. The molecule has 0 bridgehead atoms. The van der Waals surface area contributed by atoms with Crippen molar-refractivity contribution in [2.75, 3.05) is 0 Å². The number of aromatic nitrogens is 10. The van der Waals surface area contributed by atoms with E-state index in [4.69, 9.17) is 49.8 Å². The molecule has 10 heteroatoms. The topological polar surface area (TPSA) is 129 Å². The molecule has 0 atom stereocenters. The van der Waals surface area contributed by atoms with Crippen molar-refractivity contribution in [1.29, 1.82) is 0 Å². The largest absolute Gasteiger partial charge is 0.228 e. The highest BCUT2D eigenvalue weighted by Crippen LogP contribution is 2.40. The first-order valence-electron chi connectivity index (χ1n) is 40.0. The molecule has 120 heavy (non-hydrogen) atoms. The van der Waals surface area contributed by atoms with Crippen LogP contribution in [-0.4, -0.2) is 49.8 Å². The highest BCUT2D eigenvalue weighted by molar-refractivity contribution is 5.86. The smallest absolute Gasteiger partial charge is 0.164 e. The minimum Gasteiger partial charge on any atom is -0.228 e. The second kappa shape index (κ2) is 34.4.